The van der Waals surface area contributed by atoms with Crippen LogP contribution >= 0.6 is 0 Å². The zero-order chi connectivity index (χ0) is 28.0. The van der Waals surface area contributed by atoms with Crippen molar-refractivity contribution in [3.8, 4) is 5.75 Å². The highest BCUT2D eigenvalue weighted by molar-refractivity contribution is 7.89. The fourth-order valence-corrected chi connectivity index (χ4v) is 7.03. The van der Waals surface area contributed by atoms with Gasteiger partial charge >= 0.3 is 6.09 Å². The molecule has 2 N–H and O–H groups in total. The molecule has 5 atom stereocenters. The number of alkyl carbamates (subject to hydrolysis) is 1. The number of benzene rings is 2. The fraction of sp³-hybridized carbons (Fsp3) is 0.552. The van der Waals surface area contributed by atoms with Crippen molar-refractivity contribution >= 4 is 16.1 Å². The molecule has 2 aliphatic rings. The van der Waals surface area contributed by atoms with E-state index < -0.39 is 28.3 Å². The van der Waals surface area contributed by atoms with Crippen molar-refractivity contribution in [2.75, 3.05) is 26.8 Å². The summed E-state index contributed by atoms with van der Waals surface area (Å²) in [5, 5.41) is 14.2. The van der Waals surface area contributed by atoms with E-state index in [2.05, 4.69) is 5.32 Å². The maximum Gasteiger partial charge on any atom is 0.407 e. The molecule has 2 aromatic rings. The smallest absolute Gasteiger partial charge is 0.407 e. The Morgan fingerprint density at radius 2 is 1.82 bits per heavy atom. The number of nitrogens with one attached hydrogen (secondary N) is 1. The topological polar surface area (TPSA) is 114 Å². The molecule has 0 unspecified atom stereocenters. The number of sulfonamides is 1. The lowest BCUT2D eigenvalue weighted by Gasteiger charge is -2.31. The van der Waals surface area contributed by atoms with Crippen molar-refractivity contribution < 1.29 is 32.5 Å². The van der Waals surface area contributed by atoms with Crippen LogP contribution in [0.25, 0.3) is 0 Å². The van der Waals surface area contributed by atoms with Crippen molar-refractivity contribution in [3.05, 3.63) is 60.2 Å². The third-order valence-electron chi connectivity index (χ3n) is 7.40. The molecule has 214 valence electrons. The van der Waals surface area contributed by atoms with Crippen LogP contribution in [-0.2, 0) is 25.9 Å². The quantitative estimate of drug-likeness (QED) is 0.408. The second-order valence-electron chi connectivity index (χ2n) is 10.9. The first-order valence-electron chi connectivity index (χ1n) is 13.6. The Kier molecular flexibility index (Phi) is 9.87. The number of ether oxygens (including phenoxy) is 3. The molecule has 1 amide bonds. The van der Waals surface area contributed by atoms with Crippen LogP contribution in [0.2, 0.25) is 0 Å². The SMILES string of the molecule is COc1ccc(S(=O)(=O)N(CC(C)C)C[C@H](O)[C@H](Cc2ccccc2)NC(=O)O[C@@H]2C[C@@H]3CCO[C@@H]3C2)cc1. The van der Waals surface area contributed by atoms with Gasteiger partial charge in [0.1, 0.15) is 11.9 Å². The Hall–Kier alpha value is -2.66. The number of aliphatic hydroxyl groups excluding tert-OH is 1. The number of nitrogens with zero attached hydrogens (tertiary/aromatic N) is 1. The number of rotatable bonds is 12. The molecule has 1 aliphatic carbocycles. The lowest BCUT2D eigenvalue weighted by molar-refractivity contribution is 0.0554. The average molecular weight is 561 g/mol. The van der Waals surface area contributed by atoms with Gasteiger partial charge in [-0.05, 0) is 60.9 Å². The first kappa shape index (κ1) is 29.3. The van der Waals surface area contributed by atoms with Crippen LogP contribution < -0.4 is 10.1 Å². The summed E-state index contributed by atoms with van der Waals surface area (Å²) in [5.74, 6) is 0.980. The van der Waals surface area contributed by atoms with Gasteiger partial charge < -0.3 is 24.6 Å². The number of hydrogen-bond acceptors (Lipinski definition) is 7. The number of fused-ring (bicyclic) bond motifs is 1. The fourth-order valence-electron chi connectivity index (χ4n) is 5.41. The maximum absolute atomic E-state index is 13.6. The number of aliphatic hydroxyl groups is 1. The number of hydrogen-bond donors (Lipinski definition) is 2. The molecule has 0 spiro atoms. The van der Waals surface area contributed by atoms with Crippen LogP contribution in [0, 0.1) is 11.8 Å². The van der Waals surface area contributed by atoms with Crippen molar-refractivity contribution in [2.24, 2.45) is 11.8 Å². The van der Waals surface area contributed by atoms with Crippen LogP contribution in [0.5, 0.6) is 5.75 Å². The summed E-state index contributed by atoms with van der Waals surface area (Å²) in [7, 11) is -2.40. The standard InChI is InChI=1S/C29H40N2O7S/c1-20(2)18-31(39(34,35)25-11-9-23(36-3)10-12-25)19-27(32)26(15-21-7-5-4-6-8-21)30-29(33)38-24-16-22-13-14-37-28(22)17-24/h4-12,20,22,24,26-28,32H,13-19H2,1-3H3,(H,30,33)/t22-,24+,26-,27-,28+/m0/s1. The summed E-state index contributed by atoms with van der Waals surface area (Å²) in [6, 6.07) is 14.9. The lowest BCUT2D eigenvalue weighted by atomic mass is 10.0. The molecule has 1 saturated carbocycles. The number of methoxy groups -OCH3 is 1. The van der Waals surface area contributed by atoms with E-state index in [1.807, 2.05) is 44.2 Å². The van der Waals surface area contributed by atoms with E-state index >= 15 is 0 Å². The molecule has 0 bridgehead atoms. The number of carbonyl (C=O) groups is 1. The molecular weight excluding hydrogens is 520 g/mol. The molecule has 10 heteroatoms. The first-order valence-corrected chi connectivity index (χ1v) is 15.0. The van der Waals surface area contributed by atoms with E-state index in [9.17, 15) is 18.3 Å². The third kappa shape index (κ3) is 7.72. The molecule has 0 radical (unpaired) electrons. The third-order valence-corrected chi connectivity index (χ3v) is 9.25. The summed E-state index contributed by atoms with van der Waals surface area (Å²) in [6.07, 6.45) is 0.843. The van der Waals surface area contributed by atoms with Gasteiger partial charge in [-0.1, -0.05) is 44.2 Å². The van der Waals surface area contributed by atoms with E-state index in [1.54, 1.807) is 12.1 Å². The van der Waals surface area contributed by atoms with Crippen LogP contribution in [0.1, 0.15) is 38.7 Å². The summed E-state index contributed by atoms with van der Waals surface area (Å²) < 4.78 is 45.0. The average Bonchev–Trinajstić information content (AvgIpc) is 3.50. The van der Waals surface area contributed by atoms with E-state index in [0.717, 1.165) is 25.0 Å². The van der Waals surface area contributed by atoms with Gasteiger partial charge in [0, 0.05) is 26.1 Å². The first-order chi connectivity index (χ1) is 18.7. The Balaban J connectivity index is 1.49. The van der Waals surface area contributed by atoms with Crippen LogP contribution in [0.4, 0.5) is 4.79 Å². The summed E-state index contributed by atoms with van der Waals surface area (Å²) >= 11 is 0. The molecular formula is C29H40N2O7S. The van der Waals surface area contributed by atoms with Gasteiger partial charge in [-0.25, -0.2) is 13.2 Å². The van der Waals surface area contributed by atoms with Gasteiger partial charge in [-0.3, -0.25) is 0 Å². The zero-order valence-electron chi connectivity index (χ0n) is 22.9. The second kappa shape index (κ2) is 13.1. The van der Waals surface area contributed by atoms with Crippen LogP contribution in [-0.4, -0.2) is 75.1 Å². The highest BCUT2D eigenvalue weighted by Crippen LogP contribution is 2.37. The Morgan fingerprint density at radius 1 is 1.10 bits per heavy atom. The minimum Gasteiger partial charge on any atom is -0.497 e. The number of amides is 1. The second-order valence-corrected chi connectivity index (χ2v) is 12.8. The molecule has 1 aliphatic heterocycles. The lowest BCUT2D eigenvalue weighted by Crippen LogP contribution is -2.51. The van der Waals surface area contributed by atoms with Gasteiger partial charge in [0.15, 0.2) is 0 Å². The monoisotopic (exact) mass is 560 g/mol. The zero-order valence-corrected chi connectivity index (χ0v) is 23.7. The van der Waals surface area contributed by atoms with Crippen LogP contribution in [0.3, 0.4) is 0 Å². The minimum absolute atomic E-state index is 0.0137. The maximum atomic E-state index is 13.6. The molecule has 2 fully saturated rings. The summed E-state index contributed by atoms with van der Waals surface area (Å²) in [5.41, 5.74) is 0.902. The molecule has 2 aromatic carbocycles. The molecule has 1 saturated heterocycles. The Labute approximate surface area is 231 Å². The predicted molar refractivity (Wildman–Crippen MR) is 147 cm³/mol. The highest BCUT2D eigenvalue weighted by atomic mass is 32.2. The largest absolute Gasteiger partial charge is 0.497 e. The summed E-state index contributed by atoms with van der Waals surface area (Å²) in [4.78, 5) is 13.0. The van der Waals surface area contributed by atoms with Gasteiger partial charge in [-0.15, -0.1) is 0 Å². The van der Waals surface area contributed by atoms with Crippen molar-refractivity contribution in [3.63, 3.8) is 0 Å². The van der Waals surface area contributed by atoms with Crippen LogP contribution in [0.15, 0.2) is 59.5 Å². The van der Waals surface area contributed by atoms with Gasteiger partial charge in [0.25, 0.3) is 0 Å². The van der Waals surface area contributed by atoms with Crippen molar-refractivity contribution in [2.45, 2.75) is 68.8 Å². The van der Waals surface area contributed by atoms with E-state index in [-0.39, 0.29) is 36.1 Å². The summed E-state index contributed by atoms with van der Waals surface area (Å²) in [6.45, 7) is 4.61. The normalized spacial score (nSPS) is 22.5. The molecule has 9 nitrogen and oxygen atoms in total. The van der Waals surface area contributed by atoms with Gasteiger partial charge in [-0.2, -0.15) is 4.31 Å². The van der Waals surface area contributed by atoms with Gasteiger partial charge in [0.2, 0.25) is 10.0 Å². The Morgan fingerprint density at radius 3 is 2.46 bits per heavy atom. The highest BCUT2D eigenvalue weighted by Gasteiger charge is 2.40. The van der Waals surface area contributed by atoms with E-state index in [0.29, 0.717) is 24.5 Å². The molecule has 1 heterocycles. The van der Waals surface area contributed by atoms with E-state index in [4.69, 9.17) is 14.2 Å². The Bertz CT molecular complexity index is 1160. The van der Waals surface area contributed by atoms with Gasteiger partial charge in [0.05, 0.1) is 30.3 Å². The molecule has 0 aromatic heterocycles. The van der Waals surface area contributed by atoms with Crippen molar-refractivity contribution in [1.29, 1.82) is 0 Å². The molecule has 4 rings (SSSR count). The minimum atomic E-state index is -3.92. The predicted octanol–water partition coefficient (Wildman–Crippen LogP) is 3.61. The molecule has 39 heavy (non-hydrogen) atoms. The number of carbonyl (C=O) groups excluding carboxylic acids is 1. The van der Waals surface area contributed by atoms with E-state index in [1.165, 1.54) is 23.5 Å². The van der Waals surface area contributed by atoms with Crippen molar-refractivity contribution in [1.82, 2.24) is 9.62 Å².